The second kappa shape index (κ2) is 13.2. The lowest BCUT2D eigenvalue weighted by atomic mass is 10.0. The summed E-state index contributed by atoms with van der Waals surface area (Å²) in [6, 6.07) is 23.1. The number of anilines is 1. The number of para-hydroxylation sites is 1. The third-order valence-corrected chi connectivity index (χ3v) is 8.33. The van der Waals surface area contributed by atoms with Crippen LogP contribution in [-0.2, 0) is 22.6 Å². The highest BCUT2D eigenvalue weighted by atomic mass is 16.2. The van der Waals surface area contributed by atoms with E-state index in [1.807, 2.05) is 52.1 Å². The molecule has 4 heterocycles. The second-order valence-corrected chi connectivity index (χ2v) is 11.4. The van der Waals surface area contributed by atoms with Gasteiger partial charge in [-0.05, 0) is 55.0 Å². The van der Waals surface area contributed by atoms with Crippen molar-refractivity contribution in [3.05, 3.63) is 84.1 Å². The zero-order chi connectivity index (χ0) is 28.7. The Bertz CT molecular complexity index is 1490. The third-order valence-electron chi connectivity index (χ3n) is 8.33. The fourth-order valence-electron chi connectivity index (χ4n) is 6.07. The highest BCUT2D eigenvalue weighted by Gasteiger charge is 2.21. The number of hydrogen-bond acceptors (Lipinski definition) is 6. The standard InChI is InChI=1S/C33H39N7O2/c41-32(34-17-7-19-39-18-6-12-33(39)42)22-26-24-40(29-11-5-4-10-28(26)29)31-14-13-30(36-37-31)35-27-15-20-38(21-16-27)23-25-8-2-1-3-9-25/h1-5,8-11,13-14,24,27H,6-7,12,15-23H2,(H,34,41)(H,35,36). The highest BCUT2D eigenvalue weighted by Crippen LogP contribution is 2.25. The Morgan fingerprint density at radius 2 is 1.74 bits per heavy atom. The van der Waals surface area contributed by atoms with Crippen LogP contribution in [0.5, 0.6) is 0 Å². The molecule has 0 radical (unpaired) electrons. The van der Waals surface area contributed by atoms with Crippen LogP contribution in [0.15, 0.2) is 72.9 Å². The molecular weight excluding hydrogens is 526 g/mol. The maximum atomic E-state index is 12.8. The summed E-state index contributed by atoms with van der Waals surface area (Å²) >= 11 is 0. The zero-order valence-electron chi connectivity index (χ0n) is 24.0. The molecule has 9 nitrogen and oxygen atoms in total. The maximum absolute atomic E-state index is 12.8. The minimum absolute atomic E-state index is 0.0221. The molecule has 2 saturated heterocycles. The van der Waals surface area contributed by atoms with Gasteiger partial charge in [-0.3, -0.25) is 19.1 Å². The summed E-state index contributed by atoms with van der Waals surface area (Å²) in [6.45, 7) is 5.21. The van der Waals surface area contributed by atoms with Gasteiger partial charge in [-0.1, -0.05) is 48.5 Å². The first-order valence-corrected chi connectivity index (χ1v) is 15.1. The monoisotopic (exact) mass is 565 g/mol. The molecule has 0 aliphatic carbocycles. The predicted octanol–water partition coefficient (Wildman–Crippen LogP) is 4.17. The molecule has 2 aromatic carbocycles. The number of carbonyl (C=O) groups excluding carboxylic acids is 2. The summed E-state index contributed by atoms with van der Waals surface area (Å²) in [6.07, 6.45) is 6.77. The lowest BCUT2D eigenvalue weighted by molar-refractivity contribution is -0.127. The molecule has 0 saturated carbocycles. The first kappa shape index (κ1) is 27.9. The molecule has 2 aromatic heterocycles. The van der Waals surface area contributed by atoms with Crippen molar-refractivity contribution in [2.45, 2.75) is 51.1 Å². The Morgan fingerprint density at radius 3 is 2.50 bits per heavy atom. The van der Waals surface area contributed by atoms with Crippen LogP contribution in [0.4, 0.5) is 5.82 Å². The Hall–Kier alpha value is -4.24. The first-order chi connectivity index (χ1) is 20.6. The fraction of sp³-hybridized carbons (Fsp3) is 0.394. The predicted molar refractivity (Wildman–Crippen MR) is 164 cm³/mol. The number of likely N-dealkylation sites (tertiary alicyclic amines) is 2. The van der Waals surface area contributed by atoms with Gasteiger partial charge in [0.25, 0.3) is 0 Å². The van der Waals surface area contributed by atoms with Crippen LogP contribution < -0.4 is 10.6 Å². The number of carbonyl (C=O) groups is 2. The quantitative estimate of drug-likeness (QED) is 0.265. The molecule has 42 heavy (non-hydrogen) atoms. The fourth-order valence-corrected chi connectivity index (χ4v) is 6.07. The number of amides is 2. The van der Waals surface area contributed by atoms with Gasteiger partial charge >= 0.3 is 0 Å². The number of benzene rings is 2. The third kappa shape index (κ3) is 6.79. The zero-order valence-corrected chi connectivity index (χ0v) is 24.0. The van der Waals surface area contributed by atoms with E-state index in [-0.39, 0.29) is 18.2 Å². The van der Waals surface area contributed by atoms with Crippen LogP contribution >= 0.6 is 0 Å². The number of fused-ring (bicyclic) bond motifs is 1. The van der Waals surface area contributed by atoms with Crippen LogP contribution in [0, 0.1) is 0 Å². The molecule has 218 valence electrons. The number of nitrogens with zero attached hydrogens (tertiary/aromatic N) is 5. The smallest absolute Gasteiger partial charge is 0.224 e. The average Bonchev–Trinajstić information content (AvgIpc) is 3.60. The summed E-state index contributed by atoms with van der Waals surface area (Å²) in [5.41, 5.74) is 3.30. The van der Waals surface area contributed by atoms with Crippen LogP contribution in [0.1, 0.15) is 43.2 Å². The molecule has 2 aliphatic rings. The molecule has 2 N–H and O–H groups in total. The van der Waals surface area contributed by atoms with Gasteiger partial charge in [0, 0.05) is 63.3 Å². The van der Waals surface area contributed by atoms with Crippen LogP contribution in [0.25, 0.3) is 16.7 Å². The van der Waals surface area contributed by atoms with Gasteiger partial charge < -0.3 is 15.5 Å². The number of nitrogens with one attached hydrogen (secondary N) is 2. The van der Waals surface area contributed by atoms with Gasteiger partial charge in [0.1, 0.15) is 5.82 Å². The normalized spacial score (nSPS) is 16.3. The maximum Gasteiger partial charge on any atom is 0.224 e. The van der Waals surface area contributed by atoms with Crippen LogP contribution in [0.3, 0.4) is 0 Å². The summed E-state index contributed by atoms with van der Waals surface area (Å²) in [4.78, 5) is 28.9. The van der Waals surface area contributed by atoms with E-state index in [1.165, 1.54) is 5.56 Å². The molecule has 4 aromatic rings. The van der Waals surface area contributed by atoms with Gasteiger partial charge in [0.05, 0.1) is 11.9 Å². The SMILES string of the molecule is O=C(Cc1cn(-c2ccc(NC3CCN(Cc4ccccc4)CC3)nn2)c2ccccc12)NCCCN1CCCC1=O. The van der Waals surface area contributed by atoms with E-state index in [2.05, 4.69) is 56.1 Å². The van der Waals surface area contributed by atoms with E-state index < -0.39 is 0 Å². The molecule has 0 atom stereocenters. The number of rotatable bonds is 11. The average molecular weight is 566 g/mol. The lowest BCUT2D eigenvalue weighted by Gasteiger charge is -2.32. The van der Waals surface area contributed by atoms with Crippen molar-refractivity contribution >= 4 is 28.5 Å². The minimum Gasteiger partial charge on any atom is -0.366 e. The summed E-state index contributed by atoms with van der Waals surface area (Å²) < 4.78 is 2.01. The van der Waals surface area contributed by atoms with Gasteiger partial charge in [-0.15, -0.1) is 10.2 Å². The molecule has 2 fully saturated rings. The van der Waals surface area contributed by atoms with E-state index in [4.69, 9.17) is 0 Å². The topological polar surface area (TPSA) is 95.4 Å². The van der Waals surface area contributed by atoms with Gasteiger partial charge in [0.15, 0.2) is 5.82 Å². The molecule has 6 rings (SSSR count). The largest absolute Gasteiger partial charge is 0.366 e. The summed E-state index contributed by atoms with van der Waals surface area (Å²) in [5.74, 6) is 1.70. The molecule has 9 heteroatoms. The molecule has 0 spiro atoms. The Kier molecular flexibility index (Phi) is 8.75. The van der Waals surface area contributed by atoms with E-state index in [1.54, 1.807) is 0 Å². The molecule has 2 amide bonds. The first-order valence-electron chi connectivity index (χ1n) is 15.1. The van der Waals surface area contributed by atoms with E-state index in [0.717, 1.165) is 80.0 Å². The Labute approximate surface area is 246 Å². The molecule has 0 unspecified atom stereocenters. The van der Waals surface area contributed by atoms with Gasteiger partial charge in [-0.25, -0.2) is 0 Å². The Balaban J connectivity index is 1.03. The van der Waals surface area contributed by atoms with Crippen molar-refractivity contribution in [2.24, 2.45) is 0 Å². The number of aromatic nitrogens is 3. The summed E-state index contributed by atoms with van der Waals surface area (Å²) in [7, 11) is 0. The summed E-state index contributed by atoms with van der Waals surface area (Å²) in [5, 5.41) is 16.7. The molecule has 2 aliphatic heterocycles. The van der Waals surface area contributed by atoms with Crippen molar-refractivity contribution < 1.29 is 9.59 Å². The van der Waals surface area contributed by atoms with Crippen molar-refractivity contribution in [3.63, 3.8) is 0 Å². The number of piperidine rings is 1. The van der Waals surface area contributed by atoms with Gasteiger partial charge in [-0.2, -0.15) is 0 Å². The van der Waals surface area contributed by atoms with E-state index in [0.29, 0.717) is 25.6 Å². The molecular formula is C33H39N7O2. The second-order valence-electron chi connectivity index (χ2n) is 11.4. The van der Waals surface area contributed by atoms with Crippen molar-refractivity contribution in [1.29, 1.82) is 0 Å². The van der Waals surface area contributed by atoms with Crippen molar-refractivity contribution in [3.8, 4) is 5.82 Å². The van der Waals surface area contributed by atoms with E-state index in [9.17, 15) is 9.59 Å². The minimum atomic E-state index is -0.0221. The van der Waals surface area contributed by atoms with E-state index >= 15 is 0 Å². The highest BCUT2D eigenvalue weighted by molar-refractivity contribution is 5.90. The van der Waals surface area contributed by atoms with Crippen molar-refractivity contribution in [2.75, 3.05) is 38.0 Å². The lowest BCUT2D eigenvalue weighted by Crippen LogP contribution is -2.38. The van der Waals surface area contributed by atoms with Gasteiger partial charge in [0.2, 0.25) is 11.8 Å². The molecule has 0 bridgehead atoms. The van der Waals surface area contributed by atoms with Crippen LogP contribution in [-0.4, -0.2) is 75.1 Å². The number of hydrogen-bond donors (Lipinski definition) is 2. The van der Waals surface area contributed by atoms with Crippen molar-refractivity contribution in [1.82, 2.24) is 29.9 Å². The Morgan fingerprint density at radius 1 is 0.929 bits per heavy atom. The van der Waals surface area contributed by atoms with Crippen LogP contribution in [0.2, 0.25) is 0 Å².